The van der Waals surface area contributed by atoms with E-state index >= 15 is 0 Å². The molecule has 5 heteroatoms. The maximum Gasteiger partial charge on any atom is 0.175 e. The lowest BCUT2D eigenvalue weighted by molar-refractivity contribution is 0.268. The van der Waals surface area contributed by atoms with Gasteiger partial charge in [0.1, 0.15) is 6.61 Å². The van der Waals surface area contributed by atoms with E-state index in [0.717, 1.165) is 26.9 Å². The SMILES string of the molecule is CCOc1cc(CBr)cc(Br)c1OCc1ccsc1. The maximum absolute atomic E-state index is 5.88. The summed E-state index contributed by atoms with van der Waals surface area (Å²) in [6.07, 6.45) is 0. The fourth-order valence-corrected chi connectivity index (χ4v) is 3.21. The van der Waals surface area contributed by atoms with Crippen LogP contribution in [0.15, 0.2) is 33.4 Å². The topological polar surface area (TPSA) is 18.5 Å². The first-order valence-electron chi connectivity index (χ1n) is 5.89. The predicted molar refractivity (Wildman–Crippen MR) is 86.6 cm³/mol. The van der Waals surface area contributed by atoms with E-state index < -0.39 is 0 Å². The van der Waals surface area contributed by atoms with Gasteiger partial charge >= 0.3 is 0 Å². The van der Waals surface area contributed by atoms with Gasteiger partial charge in [0.2, 0.25) is 0 Å². The molecule has 0 aliphatic rings. The molecule has 0 unspecified atom stereocenters. The van der Waals surface area contributed by atoms with Crippen LogP contribution < -0.4 is 9.47 Å². The Balaban J connectivity index is 2.21. The molecule has 0 fully saturated rings. The van der Waals surface area contributed by atoms with Crippen LogP contribution in [0, 0.1) is 0 Å². The molecule has 19 heavy (non-hydrogen) atoms. The van der Waals surface area contributed by atoms with Crippen molar-refractivity contribution in [1.82, 2.24) is 0 Å². The van der Waals surface area contributed by atoms with Crippen LogP contribution in [0.5, 0.6) is 11.5 Å². The monoisotopic (exact) mass is 404 g/mol. The zero-order valence-corrected chi connectivity index (χ0v) is 14.5. The Kier molecular flexibility index (Phi) is 5.73. The first kappa shape index (κ1) is 14.9. The summed E-state index contributed by atoms with van der Waals surface area (Å²) in [5.74, 6) is 1.54. The Morgan fingerprint density at radius 3 is 2.68 bits per heavy atom. The molecule has 0 saturated heterocycles. The lowest BCUT2D eigenvalue weighted by Crippen LogP contribution is -2.00. The number of ether oxygens (including phenoxy) is 2. The van der Waals surface area contributed by atoms with Gasteiger partial charge in [0.15, 0.2) is 11.5 Å². The highest BCUT2D eigenvalue weighted by Gasteiger charge is 2.12. The summed E-state index contributed by atoms with van der Waals surface area (Å²) in [4.78, 5) is 0. The summed E-state index contributed by atoms with van der Waals surface area (Å²) < 4.78 is 12.5. The normalized spacial score (nSPS) is 10.5. The second-order valence-electron chi connectivity index (χ2n) is 3.89. The van der Waals surface area contributed by atoms with Crippen molar-refractivity contribution in [3.05, 3.63) is 44.6 Å². The number of hydrogen-bond acceptors (Lipinski definition) is 3. The Morgan fingerprint density at radius 2 is 2.05 bits per heavy atom. The molecular weight excluding hydrogens is 392 g/mol. The van der Waals surface area contributed by atoms with Gasteiger partial charge < -0.3 is 9.47 Å². The van der Waals surface area contributed by atoms with E-state index in [4.69, 9.17) is 9.47 Å². The molecule has 1 heterocycles. The van der Waals surface area contributed by atoms with Crippen LogP contribution >= 0.6 is 43.2 Å². The highest BCUT2D eigenvalue weighted by atomic mass is 79.9. The molecule has 0 atom stereocenters. The molecule has 0 saturated carbocycles. The lowest BCUT2D eigenvalue weighted by atomic mass is 10.2. The lowest BCUT2D eigenvalue weighted by Gasteiger charge is -2.14. The van der Waals surface area contributed by atoms with Crippen LogP contribution in [-0.4, -0.2) is 6.61 Å². The summed E-state index contributed by atoms with van der Waals surface area (Å²) in [6.45, 7) is 3.14. The van der Waals surface area contributed by atoms with Gasteiger partial charge in [-0.05, 0) is 62.9 Å². The first-order valence-corrected chi connectivity index (χ1v) is 8.75. The molecule has 1 aromatic carbocycles. The Bertz CT molecular complexity index is 526. The Labute approximate surface area is 134 Å². The molecule has 2 aromatic rings. The van der Waals surface area contributed by atoms with E-state index in [9.17, 15) is 0 Å². The summed E-state index contributed by atoms with van der Waals surface area (Å²) >= 11 is 8.68. The number of rotatable bonds is 6. The van der Waals surface area contributed by atoms with Crippen LogP contribution in [0.25, 0.3) is 0 Å². The van der Waals surface area contributed by atoms with Gasteiger partial charge in [-0.3, -0.25) is 0 Å². The van der Waals surface area contributed by atoms with Crippen molar-refractivity contribution in [2.75, 3.05) is 6.61 Å². The molecule has 102 valence electrons. The van der Waals surface area contributed by atoms with Gasteiger partial charge in [-0.15, -0.1) is 0 Å². The summed E-state index contributed by atoms with van der Waals surface area (Å²) in [5, 5.41) is 4.92. The number of thiophene rings is 1. The van der Waals surface area contributed by atoms with Crippen molar-refractivity contribution in [1.29, 1.82) is 0 Å². The van der Waals surface area contributed by atoms with Gasteiger partial charge in [0.25, 0.3) is 0 Å². The average molecular weight is 406 g/mol. The minimum atomic E-state index is 0.551. The van der Waals surface area contributed by atoms with Crippen molar-refractivity contribution in [2.45, 2.75) is 18.9 Å². The molecule has 1 aromatic heterocycles. The van der Waals surface area contributed by atoms with Gasteiger partial charge in [0.05, 0.1) is 11.1 Å². The van der Waals surface area contributed by atoms with Crippen LogP contribution in [-0.2, 0) is 11.9 Å². The highest BCUT2D eigenvalue weighted by Crippen LogP contribution is 2.38. The summed E-state index contributed by atoms with van der Waals surface area (Å²) in [7, 11) is 0. The summed E-state index contributed by atoms with van der Waals surface area (Å²) in [6, 6.07) is 6.11. The van der Waals surface area contributed by atoms with Crippen molar-refractivity contribution in [2.24, 2.45) is 0 Å². The second-order valence-corrected chi connectivity index (χ2v) is 6.09. The van der Waals surface area contributed by atoms with Gasteiger partial charge in [0, 0.05) is 5.33 Å². The fraction of sp³-hybridized carbons (Fsp3) is 0.286. The Hall–Kier alpha value is -0.520. The quantitative estimate of drug-likeness (QED) is 0.600. The van der Waals surface area contributed by atoms with E-state index in [1.54, 1.807) is 11.3 Å². The zero-order valence-electron chi connectivity index (χ0n) is 10.5. The number of benzene rings is 1. The van der Waals surface area contributed by atoms with Crippen molar-refractivity contribution in [3.63, 3.8) is 0 Å². The molecular formula is C14H14Br2O2S. The molecule has 0 amide bonds. The van der Waals surface area contributed by atoms with Crippen molar-refractivity contribution in [3.8, 4) is 11.5 Å². The van der Waals surface area contributed by atoms with E-state index in [0.29, 0.717) is 13.2 Å². The highest BCUT2D eigenvalue weighted by molar-refractivity contribution is 9.10. The fourth-order valence-electron chi connectivity index (χ4n) is 1.63. The number of alkyl halides is 1. The zero-order chi connectivity index (χ0) is 13.7. The number of hydrogen-bond donors (Lipinski definition) is 0. The van der Waals surface area contributed by atoms with Crippen LogP contribution in [0.3, 0.4) is 0 Å². The third kappa shape index (κ3) is 3.97. The van der Waals surface area contributed by atoms with E-state index in [-0.39, 0.29) is 0 Å². The van der Waals surface area contributed by atoms with E-state index in [1.165, 1.54) is 5.56 Å². The molecule has 0 aliphatic heterocycles. The molecule has 0 spiro atoms. The van der Waals surface area contributed by atoms with Crippen molar-refractivity contribution >= 4 is 43.2 Å². The maximum atomic E-state index is 5.88. The molecule has 2 rings (SSSR count). The van der Waals surface area contributed by atoms with E-state index in [2.05, 4.69) is 43.3 Å². The Morgan fingerprint density at radius 1 is 1.21 bits per heavy atom. The minimum Gasteiger partial charge on any atom is -0.490 e. The van der Waals surface area contributed by atoms with Crippen LogP contribution in [0.1, 0.15) is 18.1 Å². The van der Waals surface area contributed by atoms with Gasteiger partial charge in [-0.25, -0.2) is 0 Å². The molecule has 0 radical (unpaired) electrons. The van der Waals surface area contributed by atoms with Gasteiger partial charge in [-0.2, -0.15) is 11.3 Å². The predicted octanol–water partition coefficient (Wildman–Crippen LogP) is 5.38. The molecule has 2 nitrogen and oxygen atoms in total. The minimum absolute atomic E-state index is 0.551. The smallest absolute Gasteiger partial charge is 0.175 e. The standard InChI is InChI=1S/C14H14Br2O2S/c1-2-17-13-6-11(7-15)5-12(16)14(13)18-8-10-3-4-19-9-10/h3-6,9H,2,7-8H2,1H3. The molecule has 0 aliphatic carbocycles. The number of halogens is 2. The average Bonchev–Trinajstić information content (AvgIpc) is 2.91. The first-order chi connectivity index (χ1) is 9.24. The molecule has 0 N–H and O–H groups in total. The van der Waals surface area contributed by atoms with Gasteiger partial charge in [-0.1, -0.05) is 15.9 Å². The van der Waals surface area contributed by atoms with E-state index in [1.807, 2.05) is 24.4 Å². The van der Waals surface area contributed by atoms with Crippen LogP contribution in [0.4, 0.5) is 0 Å². The summed E-state index contributed by atoms with van der Waals surface area (Å²) in [5.41, 5.74) is 2.32. The third-order valence-electron chi connectivity index (χ3n) is 2.49. The van der Waals surface area contributed by atoms with Crippen LogP contribution in [0.2, 0.25) is 0 Å². The largest absolute Gasteiger partial charge is 0.490 e. The second kappa shape index (κ2) is 7.31. The third-order valence-corrected chi connectivity index (χ3v) is 4.46. The molecule has 0 bridgehead atoms. The van der Waals surface area contributed by atoms with Crippen molar-refractivity contribution < 1.29 is 9.47 Å².